The third kappa shape index (κ3) is 5.65. The molecule has 3 heterocycles. The number of carbonyl (C=O) groups is 1. The van der Waals surface area contributed by atoms with Crippen molar-refractivity contribution in [3.63, 3.8) is 0 Å². The molecule has 1 atom stereocenters. The summed E-state index contributed by atoms with van der Waals surface area (Å²) >= 11 is 0. The molecule has 180 valence electrons. The Kier molecular flexibility index (Phi) is 7.82. The van der Waals surface area contributed by atoms with Gasteiger partial charge >= 0.3 is 0 Å². The predicted octanol–water partition coefficient (Wildman–Crippen LogP) is 2.57. The second-order valence-electron chi connectivity index (χ2n) is 8.80. The highest BCUT2D eigenvalue weighted by Crippen LogP contribution is 2.31. The number of piperidine rings is 1. The topological polar surface area (TPSA) is 93.0 Å². The number of hydrogen-bond donors (Lipinski definition) is 1. The lowest BCUT2D eigenvalue weighted by Crippen LogP contribution is -2.44. The normalized spacial score (nSPS) is 20.2. The molecular formula is C24H35N5O4. The number of rotatable bonds is 9. The van der Waals surface area contributed by atoms with E-state index in [9.17, 15) is 4.79 Å². The zero-order valence-corrected chi connectivity index (χ0v) is 19.9. The van der Waals surface area contributed by atoms with Crippen molar-refractivity contribution in [2.75, 3.05) is 46.9 Å². The molecular weight excluding hydrogens is 422 g/mol. The third-order valence-electron chi connectivity index (χ3n) is 6.84. The van der Waals surface area contributed by atoms with Crippen LogP contribution in [0, 0.1) is 5.92 Å². The van der Waals surface area contributed by atoms with Crippen LogP contribution in [0.1, 0.15) is 38.5 Å². The number of amides is 1. The summed E-state index contributed by atoms with van der Waals surface area (Å²) in [4.78, 5) is 21.9. The van der Waals surface area contributed by atoms with Crippen LogP contribution in [-0.2, 0) is 11.3 Å². The zero-order chi connectivity index (χ0) is 23.2. The molecule has 0 radical (unpaired) electrons. The van der Waals surface area contributed by atoms with E-state index in [1.165, 1.54) is 12.8 Å². The average Bonchev–Trinajstić information content (AvgIpc) is 3.51. The summed E-state index contributed by atoms with van der Waals surface area (Å²) in [7, 11) is 3.20. The van der Waals surface area contributed by atoms with Gasteiger partial charge in [-0.2, -0.15) is 4.98 Å². The molecule has 0 spiro atoms. The lowest BCUT2D eigenvalue weighted by Gasteiger charge is -2.31. The van der Waals surface area contributed by atoms with Crippen LogP contribution in [0.2, 0.25) is 0 Å². The quantitative estimate of drug-likeness (QED) is 0.614. The van der Waals surface area contributed by atoms with Gasteiger partial charge in [-0.1, -0.05) is 12.1 Å². The Hall–Kier alpha value is -2.65. The standard InChI is InChI=1S/C24H35N5O4/c1-4-29-11-5-6-19(29)15-25-24(30)17-9-12-28(13-10-17)16-22-26-23(27-33-22)18-7-8-20(31-2)21(14-18)32-3/h7-8,14,17,19H,4-6,9-13,15-16H2,1-3H3,(H,25,30). The minimum Gasteiger partial charge on any atom is -0.493 e. The molecule has 1 amide bonds. The second-order valence-corrected chi connectivity index (χ2v) is 8.80. The molecule has 0 saturated carbocycles. The number of likely N-dealkylation sites (N-methyl/N-ethyl adjacent to an activating group) is 1. The predicted molar refractivity (Wildman–Crippen MR) is 124 cm³/mol. The molecule has 4 rings (SSSR count). The molecule has 2 saturated heterocycles. The lowest BCUT2D eigenvalue weighted by atomic mass is 9.96. The van der Waals surface area contributed by atoms with Crippen molar-refractivity contribution >= 4 is 5.91 Å². The summed E-state index contributed by atoms with van der Waals surface area (Å²) in [6, 6.07) is 6.04. The molecule has 0 bridgehead atoms. The Morgan fingerprint density at radius 2 is 1.94 bits per heavy atom. The molecule has 1 aromatic heterocycles. The van der Waals surface area contributed by atoms with Crippen LogP contribution in [0.5, 0.6) is 11.5 Å². The van der Waals surface area contributed by atoms with Gasteiger partial charge in [0.2, 0.25) is 17.6 Å². The van der Waals surface area contributed by atoms with Crippen molar-refractivity contribution in [1.82, 2.24) is 25.3 Å². The molecule has 2 fully saturated rings. The van der Waals surface area contributed by atoms with Gasteiger partial charge in [0.15, 0.2) is 11.5 Å². The number of carbonyl (C=O) groups excluding carboxylic acids is 1. The average molecular weight is 458 g/mol. The largest absolute Gasteiger partial charge is 0.493 e. The molecule has 1 N–H and O–H groups in total. The second kappa shape index (κ2) is 11.0. The molecule has 2 aromatic rings. The number of hydrogen-bond acceptors (Lipinski definition) is 8. The summed E-state index contributed by atoms with van der Waals surface area (Å²) < 4.78 is 16.1. The van der Waals surface area contributed by atoms with Gasteiger partial charge in [-0.15, -0.1) is 0 Å². The fourth-order valence-electron chi connectivity index (χ4n) is 4.86. The maximum atomic E-state index is 12.7. The molecule has 2 aliphatic heterocycles. The summed E-state index contributed by atoms with van der Waals surface area (Å²) in [5.41, 5.74) is 0.807. The first-order valence-electron chi connectivity index (χ1n) is 11.9. The molecule has 9 nitrogen and oxygen atoms in total. The van der Waals surface area contributed by atoms with E-state index in [0.29, 0.717) is 35.8 Å². The molecule has 1 unspecified atom stereocenters. The number of aromatic nitrogens is 2. The first-order chi connectivity index (χ1) is 16.1. The zero-order valence-electron chi connectivity index (χ0n) is 19.9. The fourth-order valence-corrected chi connectivity index (χ4v) is 4.86. The molecule has 9 heteroatoms. The van der Waals surface area contributed by atoms with Gasteiger partial charge in [0.25, 0.3) is 0 Å². The van der Waals surface area contributed by atoms with Gasteiger partial charge in [0, 0.05) is 24.1 Å². The van der Waals surface area contributed by atoms with E-state index in [1.54, 1.807) is 14.2 Å². The van der Waals surface area contributed by atoms with E-state index in [-0.39, 0.29) is 11.8 Å². The smallest absolute Gasteiger partial charge is 0.241 e. The molecule has 1 aromatic carbocycles. The first-order valence-corrected chi connectivity index (χ1v) is 11.9. The monoisotopic (exact) mass is 457 g/mol. The minimum atomic E-state index is 0.0859. The highest BCUT2D eigenvalue weighted by molar-refractivity contribution is 5.78. The van der Waals surface area contributed by atoms with Crippen molar-refractivity contribution in [2.24, 2.45) is 5.92 Å². The summed E-state index contributed by atoms with van der Waals surface area (Å²) in [5, 5.41) is 7.33. The van der Waals surface area contributed by atoms with Gasteiger partial charge in [0.05, 0.1) is 20.8 Å². The van der Waals surface area contributed by atoms with E-state index in [1.807, 2.05) is 18.2 Å². The van der Waals surface area contributed by atoms with Crippen LogP contribution >= 0.6 is 0 Å². The van der Waals surface area contributed by atoms with E-state index in [0.717, 1.165) is 51.1 Å². The van der Waals surface area contributed by atoms with Crippen molar-refractivity contribution in [3.8, 4) is 22.9 Å². The number of nitrogens with one attached hydrogen (secondary N) is 1. The maximum absolute atomic E-state index is 12.7. The number of ether oxygens (including phenoxy) is 2. The van der Waals surface area contributed by atoms with Gasteiger partial charge in [-0.3, -0.25) is 14.6 Å². The van der Waals surface area contributed by atoms with Gasteiger partial charge in [-0.05, 0) is 70.1 Å². The highest BCUT2D eigenvalue weighted by atomic mass is 16.5. The fraction of sp³-hybridized carbons (Fsp3) is 0.625. The van der Waals surface area contributed by atoms with Crippen molar-refractivity contribution < 1.29 is 18.8 Å². The van der Waals surface area contributed by atoms with E-state index >= 15 is 0 Å². The third-order valence-corrected chi connectivity index (χ3v) is 6.84. The summed E-state index contributed by atoms with van der Waals surface area (Å²) in [5.74, 6) is 2.66. The number of methoxy groups -OCH3 is 2. The number of likely N-dealkylation sites (tertiary alicyclic amines) is 2. The molecule has 33 heavy (non-hydrogen) atoms. The Bertz CT molecular complexity index is 925. The van der Waals surface area contributed by atoms with Crippen molar-refractivity contribution in [2.45, 2.75) is 45.2 Å². The number of benzene rings is 1. The number of nitrogens with zero attached hydrogens (tertiary/aromatic N) is 4. The van der Waals surface area contributed by atoms with Crippen molar-refractivity contribution in [1.29, 1.82) is 0 Å². The SMILES string of the molecule is CCN1CCCC1CNC(=O)C1CCN(Cc2nc(-c3ccc(OC)c(OC)c3)no2)CC1. The highest BCUT2D eigenvalue weighted by Gasteiger charge is 2.28. The van der Waals surface area contributed by atoms with E-state index < -0.39 is 0 Å². The van der Waals surface area contributed by atoms with Gasteiger partial charge in [0.1, 0.15) is 0 Å². The first kappa shape index (κ1) is 23.5. The van der Waals surface area contributed by atoms with Crippen LogP contribution in [0.3, 0.4) is 0 Å². The van der Waals surface area contributed by atoms with Crippen LogP contribution in [0.25, 0.3) is 11.4 Å². The molecule has 2 aliphatic rings. The molecule has 0 aliphatic carbocycles. The Balaban J connectivity index is 1.25. The maximum Gasteiger partial charge on any atom is 0.241 e. The summed E-state index contributed by atoms with van der Waals surface area (Å²) in [6.45, 7) is 7.44. The summed E-state index contributed by atoms with van der Waals surface area (Å²) in [6.07, 6.45) is 4.12. The van der Waals surface area contributed by atoms with Crippen LogP contribution < -0.4 is 14.8 Å². The van der Waals surface area contributed by atoms with Crippen LogP contribution in [0.15, 0.2) is 22.7 Å². The van der Waals surface area contributed by atoms with Crippen LogP contribution in [-0.4, -0.2) is 78.8 Å². The van der Waals surface area contributed by atoms with Crippen LogP contribution in [0.4, 0.5) is 0 Å². The Morgan fingerprint density at radius 3 is 2.67 bits per heavy atom. The van der Waals surface area contributed by atoms with Gasteiger partial charge < -0.3 is 19.3 Å². The Labute approximate surface area is 195 Å². The lowest BCUT2D eigenvalue weighted by molar-refractivity contribution is -0.126. The Morgan fingerprint density at radius 1 is 1.15 bits per heavy atom. The minimum absolute atomic E-state index is 0.0859. The van der Waals surface area contributed by atoms with Gasteiger partial charge in [-0.25, -0.2) is 0 Å². The van der Waals surface area contributed by atoms with E-state index in [2.05, 4.69) is 32.2 Å². The van der Waals surface area contributed by atoms with E-state index in [4.69, 9.17) is 14.0 Å². The van der Waals surface area contributed by atoms with Crippen molar-refractivity contribution in [3.05, 3.63) is 24.1 Å².